The van der Waals surface area contributed by atoms with Gasteiger partial charge in [0.05, 0.1) is 17.1 Å². The Morgan fingerprint density at radius 1 is 1.33 bits per heavy atom. The lowest BCUT2D eigenvalue weighted by Gasteiger charge is -2.33. The molecule has 0 aliphatic heterocycles. The predicted octanol–water partition coefficient (Wildman–Crippen LogP) is 3.83. The van der Waals surface area contributed by atoms with Crippen LogP contribution in [0.2, 0.25) is 0 Å². The Balaban J connectivity index is 1.73. The van der Waals surface area contributed by atoms with E-state index in [1.54, 1.807) is 29.1 Å². The number of hydrogen-bond donors (Lipinski definition) is 1. The average Bonchev–Trinajstić information content (AvgIpc) is 3.23. The van der Waals surface area contributed by atoms with Gasteiger partial charge in [-0.15, -0.1) is 11.3 Å². The first-order valence-corrected chi connectivity index (χ1v) is 11.3. The van der Waals surface area contributed by atoms with Crippen molar-refractivity contribution in [2.45, 2.75) is 67.3 Å². The van der Waals surface area contributed by atoms with E-state index in [1.807, 2.05) is 13.8 Å². The molecule has 8 heteroatoms. The van der Waals surface area contributed by atoms with E-state index in [4.69, 9.17) is 0 Å². The summed E-state index contributed by atoms with van der Waals surface area (Å²) in [6, 6.07) is 0. The maximum atomic E-state index is 13.4. The monoisotopic (exact) mass is 427 g/mol. The van der Waals surface area contributed by atoms with Gasteiger partial charge in [-0.05, 0) is 56.9 Å². The Bertz CT molecular complexity index is 1200. The van der Waals surface area contributed by atoms with E-state index in [0.29, 0.717) is 29.2 Å². The van der Waals surface area contributed by atoms with Gasteiger partial charge in [-0.2, -0.15) is 5.10 Å². The molecule has 1 aliphatic rings. The van der Waals surface area contributed by atoms with Gasteiger partial charge in [-0.25, -0.2) is 9.66 Å². The predicted molar refractivity (Wildman–Crippen MR) is 120 cm³/mol. The minimum absolute atomic E-state index is 0.196. The largest absolute Gasteiger partial charge is 0.281 e. The maximum Gasteiger partial charge on any atom is 0.281 e. The summed E-state index contributed by atoms with van der Waals surface area (Å²) in [6.45, 7) is 13.1. The summed E-state index contributed by atoms with van der Waals surface area (Å²) in [6.07, 6.45) is 4.48. The number of nitrogens with one attached hydrogen (secondary N) is 1. The van der Waals surface area contributed by atoms with E-state index in [-0.39, 0.29) is 16.9 Å². The second-order valence-corrected chi connectivity index (χ2v) is 10.3. The number of hydrogen-bond acceptors (Lipinski definition) is 5. The third-order valence-electron chi connectivity index (χ3n) is 6.34. The maximum absolute atomic E-state index is 13.4. The normalized spacial score (nSPS) is 16.7. The van der Waals surface area contributed by atoms with Crippen LogP contribution < -0.4 is 11.0 Å². The zero-order valence-corrected chi connectivity index (χ0v) is 19.3. The Kier molecular flexibility index (Phi) is 5.08. The lowest BCUT2D eigenvalue weighted by Crippen LogP contribution is -2.36. The number of rotatable bonds is 3. The van der Waals surface area contributed by atoms with Gasteiger partial charge in [0.25, 0.3) is 11.5 Å². The van der Waals surface area contributed by atoms with Gasteiger partial charge in [0.15, 0.2) is 0 Å². The van der Waals surface area contributed by atoms with Crippen molar-refractivity contribution in [3.05, 3.63) is 44.1 Å². The van der Waals surface area contributed by atoms with Crippen LogP contribution in [0.15, 0.2) is 11.0 Å². The molecule has 0 bridgehead atoms. The second-order valence-electron chi connectivity index (χ2n) is 9.19. The number of amides is 1. The number of nitrogens with zero attached hydrogens (tertiary/aromatic N) is 4. The van der Waals surface area contributed by atoms with Gasteiger partial charge in [-0.1, -0.05) is 20.8 Å². The van der Waals surface area contributed by atoms with Gasteiger partial charge in [-0.3, -0.25) is 19.7 Å². The number of aryl methyl sites for hydroxylation is 3. The quantitative estimate of drug-likeness (QED) is 0.689. The fourth-order valence-electron chi connectivity index (χ4n) is 4.35. The molecule has 0 fully saturated rings. The zero-order valence-electron chi connectivity index (χ0n) is 18.5. The average molecular weight is 428 g/mol. The molecule has 0 radical (unpaired) electrons. The van der Waals surface area contributed by atoms with Crippen LogP contribution in [0.3, 0.4) is 0 Å². The van der Waals surface area contributed by atoms with Gasteiger partial charge >= 0.3 is 0 Å². The molecule has 7 nitrogen and oxygen atoms in total. The molecule has 4 rings (SSSR count). The highest BCUT2D eigenvalue weighted by Gasteiger charge is 2.32. The number of carbonyl (C=O) groups excluding carboxylic acids is 1. The summed E-state index contributed by atoms with van der Waals surface area (Å²) in [5, 5.41) is 4.88. The minimum atomic E-state index is -0.351. The lowest BCUT2D eigenvalue weighted by molar-refractivity contribution is 0.101. The standard InChI is InChI=1S/C22H29N5O2S/c1-7-26-12(2)16(11-23-26)19(28)25-27-13(3)24-20-18(21(27)29)15-9-8-14(22(4,5)6)10-17(15)30-20/h11,14H,7-10H2,1-6H3,(H,25,28). The molecule has 3 aromatic rings. The van der Waals surface area contributed by atoms with Crippen molar-refractivity contribution in [3.8, 4) is 0 Å². The number of fused-ring (bicyclic) bond motifs is 3. The third-order valence-corrected chi connectivity index (χ3v) is 7.48. The molecule has 3 aromatic heterocycles. The molecule has 1 unspecified atom stereocenters. The lowest BCUT2D eigenvalue weighted by atomic mass is 9.72. The molecular weight excluding hydrogens is 398 g/mol. The van der Waals surface area contributed by atoms with Crippen molar-refractivity contribution in [1.29, 1.82) is 0 Å². The van der Waals surface area contributed by atoms with Gasteiger partial charge < -0.3 is 0 Å². The van der Waals surface area contributed by atoms with Crippen molar-refractivity contribution in [2.75, 3.05) is 5.43 Å². The van der Waals surface area contributed by atoms with E-state index < -0.39 is 0 Å². The molecule has 30 heavy (non-hydrogen) atoms. The smallest absolute Gasteiger partial charge is 0.269 e. The first-order valence-electron chi connectivity index (χ1n) is 10.5. The molecule has 0 saturated carbocycles. The molecular formula is C22H29N5O2S. The highest BCUT2D eigenvalue weighted by atomic mass is 32.1. The molecule has 1 N–H and O–H groups in total. The van der Waals surface area contributed by atoms with Gasteiger partial charge in [0.1, 0.15) is 10.7 Å². The molecule has 1 atom stereocenters. The SMILES string of the molecule is CCn1ncc(C(=O)Nn2c(C)nc3sc4c(c3c2=O)CCC(C(C)(C)C)C4)c1C. The molecule has 3 heterocycles. The van der Waals surface area contributed by atoms with E-state index in [1.165, 1.54) is 9.55 Å². The summed E-state index contributed by atoms with van der Waals surface area (Å²) in [4.78, 5) is 32.9. The number of carbonyl (C=O) groups is 1. The summed E-state index contributed by atoms with van der Waals surface area (Å²) in [5.74, 6) is 0.724. The number of thiophene rings is 1. The summed E-state index contributed by atoms with van der Waals surface area (Å²) < 4.78 is 3.04. The van der Waals surface area contributed by atoms with Crippen molar-refractivity contribution in [1.82, 2.24) is 19.4 Å². The fraction of sp³-hybridized carbons (Fsp3) is 0.545. The van der Waals surface area contributed by atoms with Crippen LogP contribution >= 0.6 is 11.3 Å². The summed E-state index contributed by atoms with van der Waals surface area (Å²) >= 11 is 1.63. The van der Waals surface area contributed by atoms with Crippen LogP contribution in [0.4, 0.5) is 0 Å². The highest BCUT2D eigenvalue weighted by molar-refractivity contribution is 7.18. The number of aromatic nitrogens is 4. The zero-order chi connectivity index (χ0) is 21.8. The van der Waals surface area contributed by atoms with Crippen LogP contribution in [-0.2, 0) is 19.4 Å². The molecule has 0 aromatic carbocycles. The van der Waals surface area contributed by atoms with Crippen molar-refractivity contribution >= 4 is 27.5 Å². The van der Waals surface area contributed by atoms with Crippen LogP contribution in [0.5, 0.6) is 0 Å². The Morgan fingerprint density at radius 2 is 2.07 bits per heavy atom. The van der Waals surface area contributed by atoms with Gasteiger partial charge in [0.2, 0.25) is 0 Å². The first-order chi connectivity index (χ1) is 14.1. The second kappa shape index (κ2) is 7.34. The van der Waals surface area contributed by atoms with E-state index in [0.717, 1.165) is 35.4 Å². The summed E-state index contributed by atoms with van der Waals surface area (Å²) in [5.41, 5.74) is 5.15. The van der Waals surface area contributed by atoms with Crippen LogP contribution in [0, 0.1) is 25.2 Å². The first kappa shape index (κ1) is 20.8. The molecule has 1 aliphatic carbocycles. The Morgan fingerprint density at radius 3 is 2.70 bits per heavy atom. The van der Waals surface area contributed by atoms with Crippen LogP contribution in [0.1, 0.15) is 66.4 Å². The van der Waals surface area contributed by atoms with E-state index >= 15 is 0 Å². The molecule has 1 amide bonds. The van der Waals surface area contributed by atoms with E-state index in [9.17, 15) is 9.59 Å². The summed E-state index contributed by atoms with van der Waals surface area (Å²) in [7, 11) is 0. The molecule has 0 spiro atoms. The highest BCUT2D eigenvalue weighted by Crippen LogP contribution is 2.42. The fourth-order valence-corrected chi connectivity index (χ4v) is 5.68. The van der Waals surface area contributed by atoms with Gasteiger partial charge in [0, 0.05) is 17.1 Å². The van der Waals surface area contributed by atoms with E-state index in [2.05, 4.69) is 36.3 Å². The Hall–Kier alpha value is -2.48. The Labute approximate surface area is 180 Å². The third kappa shape index (κ3) is 3.37. The minimum Gasteiger partial charge on any atom is -0.269 e. The van der Waals surface area contributed by atoms with Crippen molar-refractivity contribution in [2.24, 2.45) is 11.3 Å². The van der Waals surface area contributed by atoms with Crippen LogP contribution in [0.25, 0.3) is 10.2 Å². The van der Waals surface area contributed by atoms with Crippen molar-refractivity contribution < 1.29 is 4.79 Å². The molecule has 160 valence electrons. The van der Waals surface area contributed by atoms with Crippen molar-refractivity contribution in [3.63, 3.8) is 0 Å². The molecule has 0 saturated heterocycles. The van der Waals surface area contributed by atoms with Crippen LogP contribution in [-0.4, -0.2) is 25.3 Å². The topological polar surface area (TPSA) is 81.8 Å².